The maximum Gasteiger partial charge on any atom is 0.490 e. The number of carbonyl (C=O) groups is 2. The van der Waals surface area contributed by atoms with Gasteiger partial charge in [0, 0.05) is 6.54 Å². The zero-order chi connectivity index (χ0) is 18.2. The van der Waals surface area contributed by atoms with Gasteiger partial charge < -0.3 is 10.2 Å². The molecule has 2 rings (SSSR count). The average Bonchev–Trinajstić information content (AvgIpc) is 2.76. The standard InChI is InChI=1S/C14H19NO2.C2HF3O2/c16-14(17)13-7-5-6-12(10-13)11-15-8-3-1-2-4-9-15;3-2(4,5)1(6)7/h5-7,10H,1-4,8-9,11H2,(H,16,17);(H,6,7). The van der Waals surface area contributed by atoms with Crippen molar-refractivity contribution in [1.82, 2.24) is 4.90 Å². The summed E-state index contributed by atoms with van der Waals surface area (Å²) in [6.07, 6.45) is 0.0918. The second kappa shape index (κ2) is 9.27. The lowest BCUT2D eigenvalue weighted by molar-refractivity contribution is -0.192. The number of rotatable bonds is 3. The van der Waals surface area contributed by atoms with E-state index >= 15 is 0 Å². The number of hydrogen-bond acceptors (Lipinski definition) is 3. The molecule has 0 amide bonds. The van der Waals surface area contributed by atoms with Crippen molar-refractivity contribution in [2.24, 2.45) is 0 Å². The van der Waals surface area contributed by atoms with Gasteiger partial charge in [-0.05, 0) is 43.6 Å². The van der Waals surface area contributed by atoms with Gasteiger partial charge in [0.1, 0.15) is 0 Å². The third kappa shape index (κ3) is 7.45. The number of aromatic carboxylic acids is 1. The quantitative estimate of drug-likeness (QED) is 0.876. The summed E-state index contributed by atoms with van der Waals surface area (Å²) in [6, 6.07) is 7.27. The van der Waals surface area contributed by atoms with Crippen molar-refractivity contribution < 1.29 is 33.0 Å². The van der Waals surface area contributed by atoms with Gasteiger partial charge in [0.15, 0.2) is 0 Å². The SMILES string of the molecule is O=C(O)C(F)(F)F.O=C(O)c1cccc(CN2CCCCCC2)c1. The maximum absolute atomic E-state index is 10.9. The molecule has 0 atom stereocenters. The highest BCUT2D eigenvalue weighted by molar-refractivity contribution is 5.87. The molecule has 0 radical (unpaired) electrons. The summed E-state index contributed by atoms with van der Waals surface area (Å²) in [6.45, 7) is 3.15. The molecule has 24 heavy (non-hydrogen) atoms. The van der Waals surface area contributed by atoms with Crippen molar-refractivity contribution in [3.05, 3.63) is 35.4 Å². The number of aliphatic carboxylic acids is 1. The molecule has 1 fully saturated rings. The van der Waals surface area contributed by atoms with Crippen molar-refractivity contribution in [2.75, 3.05) is 13.1 Å². The molecule has 0 bridgehead atoms. The van der Waals surface area contributed by atoms with Gasteiger partial charge >= 0.3 is 18.1 Å². The Morgan fingerprint density at radius 1 is 1.04 bits per heavy atom. The molecular weight excluding hydrogens is 327 g/mol. The first-order valence-electron chi connectivity index (χ1n) is 7.55. The third-order valence-corrected chi connectivity index (χ3v) is 3.52. The van der Waals surface area contributed by atoms with E-state index in [1.54, 1.807) is 12.1 Å². The van der Waals surface area contributed by atoms with Gasteiger partial charge in [0.25, 0.3) is 0 Å². The number of halogens is 3. The predicted octanol–water partition coefficient (Wildman–Crippen LogP) is 3.39. The molecule has 2 N–H and O–H groups in total. The topological polar surface area (TPSA) is 77.8 Å². The molecule has 0 aromatic heterocycles. The Morgan fingerprint density at radius 3 is 2.04 bits per heavy atom. The third-order valence-electron chi connectivity index (χ3n) is 3.52. The number of hydrogen-bond donors (Lipinski definition) is 2. The molecule has 5 nitrogen and oxygen atoms in total. The van der Waals surface area contributed by atoms with Crippen LogP contribution in [-0.4, -0.2) is 46.3 Å². The first-order chi connectivity index (χ1) is 11.2. The van der Waals surface area contributed by atoms with Gasteiger partial charge in [0.05, 0.1) is 5.56 Å². The van der Waals surface area contributed by atoms with Crippen LogP contribution in [0.15, 0.2) is 24.3 Å². The van der Waals surface area contributed by atoms with Crippen LogP contribution in [0.25, 0.3) is 0 Å². The molecule has 1 aliphatic heterocycles. The number of alkyl halides is 3. The summed E-state index contributed by atoms with van der Waals surface area (Å²) in [7, 11) is 0. The Balaban J connectivity index is 0.000000351. The summed E-state index contributed by atoms with van der Waals surface area (Å²) < 4.78 is 31.7. The maximum atomic E-state index is 10.9. The molecule has 0 unspecified atom stereocenters. The van der Waals surface area contributed by atoms with E-state index in [2.05, 4.69) is 4.90 Å². The summed E-state index contributed by atoms with van der Waals surface area (Å²) in [5.41, 5.74) is 1.49. The number of carboxylic acid groups (broad SMARTS) is 2. The smallest absolute Gasteiger partial charge is 0.478 e. The Morgan fingerprint density at radius 2 is 1.58 bits per heavy atom. The molecular formula is C16H20F3NO4. The van der Waals surface area contributed by atoms with E-state index in [4.69, 9.17) is 15.0 Å². The lowest BCUT2D eigenvalue weighted by Gasteiger charge is -2.19. The van der Waals surface area contributed by atoms with Crippen LogP contribution in [0.1, 0.15) is 41.6 Å². The first kappa shape index (κ1) is 20.0. The Kier molecular flexibility index (Phi) is 7.70. The van der Waals surface area contributed by atoms with Crippen LogP contribution in [0.3, 0.4) is 0 Å². The fourth-order valence-corrected chi connectivity index (χ4v) is 2.36. The zero-order valence-corrected chi connectivity index (χ0v) is 13.1. The lowest BCUT2D eigenvalue weighted by atomic mass is 10.1. The molecule has 1 saturated heterocycles. The van der Waals surface area contributed by atoms with Crippen LogP contribution in [0.4, 0.5) is 13.2 Å². The van der Waals surface area contributed by atoms with Crippen molar-refractivity contribution in [1.29, 1.82) is 0 Å². The van der Waals surface area contributed by atoms with Crippen molar-refractivity contribution in [2.45, 2.75) is 38.4 Å². The summed E-state index contributed by atoms with van der Waals surface area (Å²) in [5.74, 6) is -3.60. The Hall–Kier alpha value is -2.09. The van der Waals surface area contributed by atoms with Crippen LogP contribution >= 0.6 is 0 Å². The number of nitrogens with zero attached hydrogens (tertiary/aromatic N) is 1. The van der Waals surface area contributed by atoms with E-state index < -0.39 is 18.1 Å². The average molecular weight is 347 g/mol. The minimum Gasteiger partial charge on any atom is -0.478 e. The number of carboxylic acids is 2. The molecule has 0 saturated carbocycles. The summed E-state index contributed by atoms with van der Waals surface area (Å²) >= 11 is 0. The molecule has 0 aliphatic carbocycles. The first-order valence-corrected chi connectivity index (χ1v) is 7.55. The van der Waals surface area contributed by atoms with E-state index in [0.29, 0.717) is 5.56 Å². The van der Waals surface area contributed by atoms with Gasteiger partial charge in [-0.2, -0.15) is 13.2 Å². The van der Waals surface area contributed by atoms with E-state index in [0.717, 1.165) is 25.2 Å². The van der Waals surface area contributed by atoms with Gasteiger partial charge in [-0.15, -0.1) is 0 Å². The van der Waals surface area contributed by atoms with Crippen LogP contribution in [0, 0.1) is 0 Å². The lowest BCUT2D eigenvalue weighted by Crippen LogP contribution is -2.24. The molecule has 1 aromatic rings. The van der Waals surface area contributed by atoms with Gasteiger partial charge in [-0.1, -0.05) is 25.0 Å². The zero-order valence-electron chi connectivity index (χ0n) is 13.1. The van der Waals surface area contributed by atoms with Gasteiger partial charge in [0.2, 0.25) is 0 Å². The predicted molar refractivity (Wildman–Crippen MR) is 80.8 cm³/mol. The molecule has 0 spiro atoms. The van der Waals surface area contributed by atoms with E-state index in [-0.39, 0.29) is 0 Å². The highest BCUT2D eigenvalue weighted by Crippen LogP contribution is 2.14. The van der Waals surface area contributed by atoms with Gasteiger partial charge in [-0.3, -0.25) is 4.90 Å². The molecule has 8 heteroatoms. The summed E-state index contributed by atoms with van der Waals surface area (Å²) in [4.78, 5) is 22.2. The van der Waals surface area contributed by atoms with Crippen LogP contribution in [0.5, 0.6) is 0 Å². The Bertz CT molecular complexity index is 552. The Labute approximate surface area is 137 Å². The minimum absolute atomic E-state index is 0.386. The molecule has 1 aromatic carbocycles. The molecule has 134 valence electrons. The normalized spacial score (nSPS) is 15.8. The van der Waals surface area contributed by atoms with Crippen molar-refractivity contribution in [3.63, 3.8) is 0 Å². The highest BCUT2D eigenvalue weighted by atomic mass is 19.4. The van der Waals surface area contributed by atoms with Crippen molar-refractivity contribution in [3.8, 4) is 0 Å². The van der Waals surface area contributed by atoms with E-state index in [1.165, 1.54) is 25.7 Å². The van der Waals surface area contributed by atoms with Crippen LogP contribution < -0.4 is 0 Å². The molecule has 1 aliphatic rings. The largest absolute Gasteiger partial charge is 0.490 e. The highest BCUT2D eigenvalue weighted by Gasteiger charge is 2.38. The fourth-order valence-electron chi connectivity index (χ4n) is 2.36. The fraction of sp³-hybridized carbons (Fsp3) is 0.500. The molecule has 1 heterocycles. The van der Waals surface area contributed by atoms with Crippen LogP contribution in [0.2, 0.25) is 0 Å². The van der Waals surface area contributed by atoms with Gasteiger partial charge in [-0.25, -0.2) is 9.59 Å². The second-order valence-corrected chi connectivity index (χ2v) is 5.50. The monoisotopic (exact) mass is 347 g/mol. The van der Waals surface area contributed by atoms with E-state index in [9.17, 15) is 18.0 Å². The number of likely N-dealkylation sites (tertiary alicyclic amines) is 1. The number of benzene rings is 1. The van der Waals surface area contributed by atoms with Crippen molar-refractivity contribution >= 4 is 11.9 Å². The van der Waals surface area contributed by atoms with Crippen LogP contribution in [-0.2, 0) is 11.3 Å². The minimum atomic E-state index is -5.08. The summed E-state index contributed by atoms with van der Waals surface area (Å²) in [5, 5.41) is 16.1. The second-order valence-electron chi connectivity index (χ2n) is 5.50. The van der Waals surface area contributed by atoms with E-state index in [1.807, 2.05) is 12.1 Å².